The van der Waals surface area contributed by atoms with Gasteiger partial charge in [-0.05, 0) is 32.1 Å². The van der Waals surface area contributed by atoms with E-state index in [1.54, 1.807) is 12.3 Å². The summed E-state index contributed by atoms with van der Waals surface area (Å²) in [5, 5.41) is 0. The van der Waals surface area contributed by atoms with Crippen LogP contribution in [0.3, 0.4) is 0 Å². The number of benzene rings is 2. The highest BCUT2D eigenvalue weighted by atomic mass is 16.5. The van der Waals surface area contributed by atoms with Crippen molar-refractivity contribution in [3.05, 3.63) is 84.0 Å². The molecule has 1 aromatic heterocycles. The van der Waals surface area contributed by atoms with Crippen molar-refractivity contribution in [3.63, 3.8) is 0 Å². The van der Waals surface area contributed by atoms with E-state index in [1.807, 2.05) is 62.5 Å². The molecule has 0 bridgehead atoms. The minimum Gasteiger partial charge on any atom is -0.483 e. The van der Waals surface area contributed by atoms with Crippen LogP contribution in [0.1, 0.15) is 19.4 Å². The summed E-state index contributed by atoms with van der Waals surface area (Å²) in [6.07, 6.45) is 5.82. The quantitative estimate of drug-likeness (QED) is 0.609. The monoisotopic (exact) mass is 327 g/mol. The van der Waals surface area contributed by atoms with E-state index in [4.69, 9.17) is 11.3 Å². The lowest BCUT2D eigenvalue weighted by Gasteiger charge is -2.32. The Balaban J connectivity index is 1.93. The van der Waals surface area contributed by atoms with Crippen LogP contribution in [0, 0.1) is 6.57 Å². The van der Waals surface area contributed by atoms with Crippen LogP contribution in [0.15, 0.2) is 67.0 Å². The van der Waals surface area contributed by atoms with Crippen LogP contribution < -0.4 is 4.74 Å². The van der Waals surface area contributed by atoms with Gasteiger partial charge in [-0.1, -0.05) is 36.4 Å². The molecule has 4 heteroatoms. The van der Waals surface area contributed by atoms with Crippen LogP contribution in [0.4, 0.5) is 5.69 Å². The van der Waals surface area contributed by atoms with Gasteiger partial charge in [0.1, 0.15) is 17.2 Å². The van der Waals surface area contributed by atoms with E-state index in [2.05, 4.69) is 20.5 Å². The van der Waals surface area contributed by atoms with Gasteiger partial charge in [-0.2, -0.15) is 0 Å². The van der Waals surface area contributed by atoms with Crippen molar-refractivity contribution in [1.82, 2.24) is 9.55 Å². The summed E-state index contributed by atoms with van der Waals surface area (Å²) in [6, 6.07) is 15.6. The van der Waals surface area contributed by atoms with Gasteiger partial charge in [0.25, 0.3) is 0 Å². The van der Waals surface area contributed by atoms with Crippen LogP contribution >= 0.6 is 0 Å². The van der Waals surface area contributed by atoms with Gasteiger partial charge < -0.3 is 4.74 Å². The molecule has 0 amide bonds. The Morgan fingerprint density at radius 2 is 1.92 bits per heavy atom. The summed E-state index contributed by atoms with van der Waals surface area (Å²) in [7, 11) is 0. The smallest absolute Gasteiger partial charge is 0.188 e. The Bertz CT molecular complexity index is 1010. The maximum atomic E-state index is 7.30. The van der Waals surface area contributed by atoms with Gasteiger partial charge >= 0.3 is 0 Å². The van der Waals surface area contributed by atoms with E-state index in [-0.39, 0.29) is 0 Å². The molecule has 3 aromatic rings. The fourth-order valence-electron chi connectivity index (χ4n) is 3.09. The molecule has 2 aromatic carbocycles. The van der Waals surface area contributed by atoms with Crippen LogP contribution in [0.5, 0.6) is 5.75 Å². The first-order valence-electron chi connectivity index (χ1n) is 8.10. The lowest BCUT2D eigenvalue weighted by Crippen LogP contribution is -2.30. The molecule has 2 heterocycles. The Morgan fingerprint density at radius 3 is 2.68 bits per heavy atom. The Morgan fingerprint density at radius 1 is 1.12 bits per heavy atom. The fourth-order valence-corrected chi connectivity index (χ4v) is 3.09. The molecule has 4 rings (SSSR count). The SMILES string of the molecule is [C-]#[N+]c1ccc2c(c1)C(n1ccnc1-c1ccccc1)=CC(C)(C)O2. The third kappa shape index (κ3) is 2.70. The van der Waals surface area contributed by atoms with Gasteiger partial charge in [0.15, 0.2) is 5.69 Å². The molecule has 0 unspecified atom stereocenters. The van der Waals surface area contributed by atoms with Crippen LogP contribution in [0.25, 0.3) is 21.9 Å². The van der Waals surface area contributed by atoms with Gasteiger partial charge in [-0.25, -0.2) is 9.83 Å². The number of fused-ring (bicyclic) bond motifs is 1. The molecule has 0 fully saturated rings. The van der Waals surface area contributed by atoms with Crippen molar-refractivity contribution >= 4 is 11.4 Å². The molecule has 25 heavy (non-hydrogen) atoms. The van der Waals surface area contributed by atoms with Crippen molar-refractivity contribution < 1.29 is 4.74 Å². The van der Waals surface area contributed by atoms with Crippen molar-refractivity contribution in [3.8, 4) is 17.1 Å². The van der Waals surface area contributed by atoms with Gasteiger partial charge in [0.2, 0.25) is 0 Å². The lowest BCUT2D eigenvalue weighted by molar-refractivity contribution is 0.157. The molecule has 0 atom stereocenters. The van der Waals surface area contributed by atoms with E-state index in [0.29, 0.717) is 5.69 Å². The molecule has 1 aliphatic heterocycles. The maximum Gasteiger partial charge on any atom is 0.188 e. The van der Waals surface area contributed by atoms with Crippen molar-refractivity contribution in [2.24, 2.45) is 0 Å². The number of nitrogens with zero attached hydrogens (tertiary/aromatic N) is 3. The van der Waals surface area contributed by atoms with E-state index >= 15 is 0 Å². The summed E-state index contributed by atoms with van der Waals surface area (Å²) in [5.74, 6) is 1.64. The van der Waals surface area contributed by atoms with Crippen LogP contribution in [-0.2, 0) is 0 Å². The summed E-state index contributed by atoms with van der Waals surface area (Å²) in [5.41, 5.74) is 3.08. The first kappa shape index (κ1) is 15.2. The second kappa shape index (κ2) is 5.64. The zero-order valence-electron chi connectivity index (χ0n) is 14.1. The van der Waals surface area contributed by atoms with Gasteiger partial charge in [-0.15, -0.1) is 0 Å². The second-order valence-electron chi connectivity index (χ2n) is 6.51. The molecule has 122 valence electrons. The van der Waals surface area contributed by atoms with E-state index in [0.717, 1.165) is 28.4 Å². The number of rotatable bonds is 2. The van der Waals surface area contributed by atoms with Crippen molar-refractivity contribution in [2.45, 2.75) is 19.4 Å². The van der Waals surface area contributed by atoms with Gasteiger partial charge in [0.05, 0.1) is 12.3 Å². The van der Waals surface area contributed by atoms with E-state index < -0.39 is 5.60 Å². The second-order valence-corrected chi connectivity index (χ2v) is 6.51. The van der Waals surface area contributed by atoms with E-state index in [1.165, 1.54) is 0 Å². The molecule has 4 nitrogen and oxygen atoms in total. The minimum atomic E-state index is -0.444. The first-order valence-corrected chi connectivity index (χ1v) is 8.10. The summed E-state index contributed by atoms with van der Waals surface area (Å²) in [6.45, 7) is 11.4. The van der Waals surface area contributed by atoms with E-state index in [9.17, 15) is 0 Å². The number of imidazole rings is 1. The van der Waals surface area contributed by atoms with Crippen molar-refractivity contribution in [1.29, 1.82) is 0 Å². The fraction of sp³-hybridized carbons (Fsp3) is 0.143. The van der Waals surface area contributed by atoms with Crippen LogP contribution in [-0.4, -0.2) is 15.2 Å². The molecule has 0 aliphatic carbocycles. The largest absolute Gasteiger partial charge is 0.483 e. The molecular formula is C21H17N3O. The number of ether oxygens (including phenoxy) is 1. The zero-order valence-corrected chi connectivity index (χ0v) is 14.1. The zero-order chi connectivity index (χ0) is 17.4. The highest BCUT2D eigenvalue weighted by molar-refractivity contribution is 5.79. The van der Waals surface area contributed by atoms with Gasteiger partial charge in [-0.3, -0.25) is 4.57 Å². The number of hydrogen-bond acceptors (Lipinski definition) is 2. The molecule has 1 aliphatic rings. The maximum absolute atomic E-state index is 7.30. The molecule has 0 radical (unpaired) electrons. The predicted octanol–water partition coefficient (Wildman–Crippen LogP) is 5.16. The van der Waals surface area contributed by atoms with Gasteiger partial charge in [0, 0.05) is 23.5 Å². The molecule has 0 N–H and O–H groups in total. The number of aromatic nitrogens is 2. The molecular weight excluding hydrogens is 310 g/mol. The standard InChI is InChI=1S/C21H17N3O/c1-21(2)14-18(17-13-16(22-3)9-10-19(17)25-21)24-12-11-23-20(24)15-7-5-4-6-8-15/h4-14H,1-2H3. The highest BCUT2D eigenvalue weighted by Crippen LogP contribution is 2.40. The molecule has 0 saturated carbocycles. The highest BCUT2D eigenvalue weighted by Gasteiger charge is 2.28. The Hall–Kier alpha value is -3.32. The average molecular weight is 327 g/mol. The topological polar surface area (TPSA) is 31.4 Å². The third-order valence-corrected chi connectivity index (χ3v) is 4.16. The number of hydrogen-bond donors (Lipinski definition) is 0. The first-order chi connectivity index (χ1) is 12.1. The molecule has 0 saturated heterocycles. The summed E-state index contributed by atoms with van der Waals surface area (Å²) < 4.78 is 8.14. The Labute approximate surface area is 146 Å². The summed E-state index contributed by atoms with van der Waals surface area (Å²) >= 11 is 0. The summed E-state index contributed by atoms with van der Waals surface area (Å²) in [4.78, 5) is 8.10. The normalized spacial score (nSPS) is 14.8. The lowest BCUT2D eigenvalue weighted by atomic mass is 9.98. The predicted molar refractivity (Wildman–Crippen MR) is 98.4 cm³/mol. The minimum absolute atomic E-state index is 0.444. The van der Waals surface area contributed by atoms with Crippen molar-refractivity contribution in [2.75, 3.05) is 0 Å². The Kier molecular flexibility index (Phi) is 3.43. The van der Waals surface area contributed by atoms with Crippen LogP contribution in [0.2, 0.25) is 0 Å². The third-order valence-electron chi connectivity index (χ3n) is 4.16. The molecule has 0 spiro atoms. The average Bonchev–Trinajstić information content (AvgIpc) is 3.10.